The average molecular weight is 205 g/mol. The van der Waals surface area contributed by atoms with Crippen LogP contribution >= 0.6 is 11.3 Å². The molecule has 0 fully saturated rings. The van der Waals surface area contributed by atoms with Crippen molar-refractivity contribution < 1.29 is 4.92 Å². The van der Waals surface area contributed by atoms with Crippen molar-refractivity contribution in [2.45, 2.75) is 0 Å². The molecule has 0 atom stereocenters. The minimum Gasteiger partial charge on any atom is -0.258 e. The number of benzene rings is 1. The molecule has 0 aliphatic heterocycles. The highest BCUT2D eigenvalue weighted by molar-refractivity contribution is 7.08. The number of hydrogen-bond donors (Lipinski definition) is 0. The molecule has 0 saturated heterocycles. The minimum atomic E-state index is -0.379. The van der Waals surface area contributed by atoms with Crippen molar-refractivity contribution in [2.24, 2.45) is 0 Å². The molecule has 1 aromatic carbocycles. The second-order valence-corrected chi connectivity index (χ2v) is 3.60. The first-order valence-corrected chi connectivity index (χ1v) is 4.99. The highest BCUT2D eigenvalue weighted by atomic mass is 32.1. The molecule has 4 heteroatoms. The minimum absolute atomic E-state index is 0.133. The summed E-state index contributed by atoms with van der Waals surface area (Å²) >= 11 is 1.58. The van der Waals surface area contributed by atoms with Crippen molar-refractivity contribution in [3.63, 3.8) is 0 Å². The molecule has 0 aliphatic carbocycles. The van der Waals surface area contributed by atoms with Gasteiger partial charge in [-0.1, -0.05) is 12.1 Å². The van der Waals surface area contributed by atoms with Crippen LogP contribution in [0, 0.1) is 10.1 Å². The van der Waals surface area contributed by atoms with E-state index in [-0.39, 0.29) is 10.6 Å². The van der Waals surface area contributed by atoms with Crippen molar-refractivity contribution in [3.05, 3.63) is 51.2 Å². The Hall–Kier alpha value is -1.68. The van der Waals surface area contributed by atoms with Crippen LogP contribution in [0.1, 0.15) is 0 Å². The Kier molecular flexibility index (Phi) is 2.28. The van der Waals surface area contributed by atoms with E-state index in [1.54, 1.807) is 23.5 Å². The number of non-ortho nitro benzene ring substituents is 1. The quantitative estimate of drug-likeness (QED) is 0.557. The third kappa shape index (κ3) is 1.65. The summed E-state index contributed by atoms with van der Waals surface area (Å²) in [7, 11) is 0. The second-order valence-electron chi connectivity index (χ2n) is 2.82. The largest absolute Gasteiger partial charge is 0.270 e. The summed E-state index contributed by atoms with van der Waals surface area (Å²) in [6, 6.07) is 8.60. The normalized spacial score (nSPS) is 10.0. The maximum atomic E-state index is 10.5. The second kappa shape index (κ2) is 3.59. The molecule has 0 bridgehead atoms. The fraction of sp³-hybridized carbons (Fsp3) is 0. The lowest BCUT2D eigenvalue weighted by Gasteiger charge is -1.96. The summed E-state index contributed by atoms with van der Waals surface area (Å²) in [6.45, 7) is 0. The molecule has 0 amide bonds. The number of thiophene rings is 1. The molecule has 2 rings (SSSR count). The van der Waals surface area contributed by atoms with Crippen LogP contribution in [0.2, 0.25) is 0 Å². The van der Waals surface area contributed by atoms with Gasteiger partial charge in [0, 0.05) is 12.1 Å². The molecule has 0 aliphatic rings. The number of nitrogens with zero attached hydrogens (tertiary/aromatic N) is 1. The van der Waals surface area contributed by atoms with Gasteiger partial charge in [-0.25, -0.2) is 0 Å². The van der Waals surface area contributed by atoms with Crippen LogP contribution in [-0.4, -0.2) is 4.92 Å². The number of hydrogen-bond acceptors (Lipinski definition) is 3. The molecule has 2 aromatic rings. The van der Waals surface area contributed by atoms with Gasteiger partial charge in [-0.2, -0.15) is 11.3 Å². The highest BCUT2D eigenvalue weighted by Gasteiger charge is 2.06. The number of nitro benzene ring substituents is 1. The molecule has 1 aromatic heterocycles. The Bertz CT molecular complexity index is 451. The van der Waals surface area contributed by atoms with Gasteiger partial charge < -0.3 is 0 Å². The monoisotopic (exact) mass is 205 g/mol. The molecule has 0 N–H and O–H groups in total. The molecule has 0 spiro atoms. The van der Waals surface area contributed by atoms with Crippen LogP contribution in [0.15, 0.2) is 41.1 Å². The summed E-state index contributed by atoms with van der Waals surface area (Å²) in [5, 5.41) is 14.5. The summed E-state index contributed by atoms with van der Waals surface area (Å²) in [6.07, 6.45) is 0. The molecular weight excluding hydrogens is 198 g/mol. The molecule has 1 heterocycles. The Morgan fingerprint density at radius 1 is 1.21 bits per heavy atom. The molecule has 0 unspecified atom stereocenters. The maximum absolute atomic E-state index is 10.5. The third-order valence-electron chi connectivity index (χ3n) is 1.91. The Balaban J connectivity index is 2.46. The van der Waals surface area contributed by atoms with Crippen molar-refractivity contribution >= 4 is 17.0 Å². The fourth-order valence-corrected chi connectivity index (χ4v) is 1.89. The predicted molar refractivity (Wildman–Crippen MR) is 56.4 cm³/mol. The van der Waals surface area contributed by atoms with Gasteiger partial charge in [0.2, 0.25) is 0 Å². The van der Waals surface area contributed by atoms with Crippen LogP contribution in [0.25, 0.3) is 11.1 Å². The summed E-state index contributed by atoms with van der Waals surface area (Å²) in [5.74, 6) is 0. The van der Waals surface area contributed by atoms with Gasteiger partial charge >= 0.3 is 0 Å². The van der Waals surface area contributed by atoms with E-state index < -0.39 is 0 Å². The lowest BCUT2D eigenvalue weighted by Crippen LogP contribution is -1.87. The molecule has 0 radical (unpaired) electrons. The SMILES string of the molecule is O=[N+]([O-])c1cccc(-c2ccsc2)c1. The van der Waals surface area contributed by atoms with E-state index in [4.69, 9.17) is 0 Å². The van der Waals surface area contributed by atoms with Gasteiger partial charge in [0.25, 0.3) is 5.69 Å². The molecule has 0 saturated carbocycles. The van der Waals surface area contributed by atoms with Gasteiger partial charge in [-0.05, 0) is 28.0 Å². The predicted octanol–water partition coefficient (Wildman–Crippen LogP) is 3.32. The van der Waals surface area contributed by atoms with Gasteiger partial charge in [0.05, 0.1) is 4.92 Å². The van der Waals surface area contributed by atoms with E-state index in [1.165, 1.54) is 6.07 Å². The summed E-state index contributed by atoms with van der Waals surface area (Å²) in [4.78, 5) is 10.2. The summed E-state index contributed by atoms with van der Waals surface area (Å²) in [5.41, 5.74) is 2.05. The average Bonchev–Trinajstić information content (AvgIpc) is 2.71. The zero-order valence-electron chi connectivity index (χ0n) is 7.21. The number of nitro groups is 1. The van der Waals surface area contributed by atoms with E-state index in [2.05, 4.69) is 0 Å². The zero-order valence-corrected chi connectivity index (χ0v) is 8.03. The van der Waals surface area contributed by atoms with Gasteiger partial charge in [0.15, 0.2) is 0 Å². The Labute approximate surface area is 84.8 Å². The highest BCUT2D eigenvalue weighted by Crippen LogP contribution is 2.25. The Morgan fingerprint density at radius 3 is 2.71 bits per heavy atom. The van der Waals surface area contributed by atoms with E-state index in [1.807, 2.05) is 22.9 Å². The maximum Gasteiger partial charge on any atom is 0.270 e. The van der Waals surface area contributed by atoms with E-state index in [9.17, 15) is 10.1 Å². The third-order valence-corrected chi connectivity index (χ3v) is 2.59. The van der Waals surface area contributed by atoms with Crippen LogP contribution in [-0.2, 0) is 0 Å². The molecular formula is C10H7NO2S. The van der Waals surface area contributed by atoms with Crippen LogP contribution in [0.3, 0.4) is 0 Å². The summed E-state index contributed by atoms with van der Waals surface area (Å²) < 4.78 is 0. The standard InChI is InChI=1S/C10H7NO2S/c12-11(13)10-3-1-2-8(6-10)9-4-5-14-7-9/h1-7H. The first-order chi connectivity index (χ1) is 6.77. The zero-order chi connectivity index (χ0) is 9.97. The van der Waals surface area contributed by atoms with Crippen molar-refractivity contribution in [2.75, 3.05) is 0 Å². The van der Waals surface area contributed by atoms with Gasteiger partial charge in [-0.15, -0.1) is 0 Å². The van der Waals surface area contributed by atoms with E-state index in [0.717, 1.165) is 11.1 Å². The Morgan fingerprint density at radius 2 is 2.07 bits per heavy atom. The lowest BCUT2D eigenvalue weighted by atomic mass is 10.1. The van der Waals surface area contributed by atoms with Crippen molar-refractivity contribution in [1.82, 2.24) is 0 Å². The molecule has 70 valence electrons. The first-order valence-electron chi connectivity index (χ1n) is 4.04. The molecule has 3 nitrogen and oxygen atoms in total. The lowest BCUT2D eigenvalue weighted by molar-refractivity contribution is -0.384. The van der Waals surface area contributed by atoms with Gasteiger partial charge in [-0.3, -0.25) is 10.1 Å². The van der Waals surface area contributed by atoms with Crippen LogP contribution in [0.4, 0.5) is 5.69 Å². The first kappa shape index (κ1) is 8.90. The van der Waals surface area contributed by atoms with Crippen LogP contribution < -0.4 is 0 Å². The van der Waals surface area contributed by atoms with Crippen LogP contribution in [0.5, 0.6) is 0 Å². The fourth-order valence-electron chi connectivity index (χ4n) is 1.23. The van der Waals surface area contributed by atoms with E-state index >= 15 is 0 Å². The van der Waals surface area contributed by atoms with Crippen molar-refractivity contribution in [1.29, 1.82) is 0 Å². The smallest absolute Gasteiger partial charge is 0.258 e. The number of rotatable bonds is 2. The van der Waals surface area contributed by atoms with Gasteiger partial charge in [0.1, 0.15) is 0 Å². The topological polar surface area (TPSA) is 43.1 Å². The molecule has 14 heavy (non-hydrogen) atoms. The van der Waals surface area contributed by atoms with E-state index in [0.29, 0.717) is 0 Å². The van der Waals surface area contributed by atoms with Crippen molar-refractivity contribution in [3.8, 4) is 11.1 Å².